The van der Waals surface area contributed by atoms with Gasteiger partial charge >= 0.3 is 5.97 Å². The van der Waals surface area contributed by atoms with E-state index >= 15 is 0 Å². The van der Waals surface area contributed by atoms with E-state index in [0.717, 1.165) is 5.39 Å². The molecular weight excluding hydrogens is 268 g/mol. The molecule has 112 valence electrons. The van der Waals surface area contributed by atoms with Crippen LogP contribution in [0, 0.1) is 5.41 Å². The van der Waals surface area contributed by atoms with Gasteiger partial charge in [-0.05, 0) is 41.0 Å². The number of nitrogens with one attached hydrogen (secondary N) is 1. The molecule has 0 bridgehead atoms. The molecule has 1 unspecified atom stereocenters. The monoisotopic (exact) mass is 288 g/mol. The van der Waals surface area contributed by atoms with Gasteiger partial charge in [0, 0.05) is 11.6 Å². The standard InChI is InChI=1S/C16H20N2O3/c1-15(2,3)9-16(17,14(20)21)11-5-6-12-10(8-11)4-7-13(19)18-12/h4-8H,9,17H2,1-3H3,(H,18,19)(H,20,21). The zero-order chi connectivity index (χ0) is 15.8. The molecule has 5 nitrogen and oxygen atoms in total. The average molecular weight is 288 g/mol. The number of rotatable bonds is 3. The minimum absolute atomic E-state index is 0.192. The maximum atomic E-state index is 11.7. The third-order valence-corrected chi connectivity index (χ3v) is 3.43. The zero-order valence-corrected chi connectivity index (χ0v) is 12.4. The average Bonchev–Trinajstić information content (AvgIpc) is 2.35. The fraction of sp³-hybridized carbons (Fsp3) is 0.375. The van der Waals surface area contributed by atoms with Crippen molar-refractivity contribution in [3.05, 3.63) is 46.2 Å². The van der Waals surface area contributed by atoms with Crippen LogP contribution in [0.2, 0.25) is 0 Å². The Kier molecular flexibility index (Phi) is 3.63. The topological polar surface area (TPSA) is 96.2 Å². The molecule has 1 aromatic carbocycles. The van der Waals surface area contributed by atoms with Gasteiger partial charge in [0.25, 0.3) is 0 Å². The molecule has 0 amide bonds. The summed E-state index contributed by atoms with van der Waals surface area (Å²) in [5, 5.41) is 10.3. The van der Waals surface area contributed by atoms with E-state index in [1.54, 1.807) is 24.3 Å². The highest BCUT2D eigenvalue weighted by Gasteiger charge is 2.39. The number of benzene rings is 1. The minimum atomic E-state index is -1.46. The van der Waals surface area contributed by atoms with Gasteiger partial charge in [0.15, 0.2) is 0 Å². The lowest BCUT2D eigenvalue weighted by molar-refractivity contribution is -0.145. The molecule has 1 heterocycles. The molecule has 1 aromatic heterocycles. The van der Waals surface area contributed by atoms with E-state index in [4.69, 9.17) is 5.73 Å². The Hall–Kier alpha value is -2.14. The van der Waals surface area contributed by atoms with Crippen LogP contribution in [0.15, 0.2) is 35.1 Å². The van der Waals surface area contributed by atoms with E-state index in [0.29, 0.717) is 17.5 Å². The highest BCUT2D eigenvalue weighted by molar-refractivity contribution is 5.85. The van der Waals surface area contributed by atoms with Crippen LogP contribution >= 0.6 is 0 Å². The first-order valence-electron chi connectivity index (χ1n) is 6.78. The molecule has 0 saturated heterocycles. The zero-order valence-electron chi connectivity index (χ0n) is 12.4. The normalized spacial score (nSPS) is 14.9. The molecule has 5 heteroatoms. The molecule has 2 rings (SSSR count). The Labute approximate surface area is 122 Å². The van der Waals surface area contributed by atoms with Crippen LogP contribution in [-0.4, -0.2) is 16.1 Å². The number of hydrogen-bond donors (Lipinski definition) is 3. The number of carboxylic acids is 1. The van der Waals surface area contributed by atoms with Crippen LogP contribution in [0.3, 0.4) is 0 Å². The maximum Gasteiger partial charge on any atom is 0.328 e. The summed E-state index contributed by atoms with van der Waals surface area (Å²) in [5.74, 6) is -1.05. The van der Waals surface area contributed by atoms with Crippen LogP contribution < -0.4 is 11.3 Å². The fourth-order valence-corrected chi connectivity index (χ4v) is 2.57. The second-order valence-electron chi connectivity index (χ2n) is 6.64. The maximum absolute atomic E-state index is 11.7. The summed E-state index contributed by atoms with van der Waals surface area (Å²) in [7, 11) is 0. The molecule has 0 aliphatic rings. The van der Waals surface area contributed by atoms with Crippen LogP contribution in [0.4, 0.5) is 0 Å². The van der Waals surface area contributed by atoms with Gasteiger partial charge in [-0.3, -0.25) is 4.79 Å². The van der Waals surface area contributed by atoms with Crippen molar-refractivity contribution in [1.29, 1.82) is 0 Å². The van der Waals surface area contributed by atoms with E-state index in [9.17, 15) is 14.7 Å². The van der Waals surface area contributed by atoms with Crippen molar-refractivity contribution in [1.82, 2.24) is 4.98 Å². The van der Waals surface area contributed by atoms with Crippen molar-refractivity contribution >= 4 is 16.9 Å². The van der Waals surface area contributed by atoms with E-state index in [1.807, 2.05) is 20.8 Å². The first-order valence-corrected chi connectivity index (χ1v) is 6.78. The molecule has 4 N–H and O–H groups in total. The Morgan fingerprint density at radius 2 is 1.90 bits per heavy atom. The molecule has 0 saturated carbocycles. The minimum Gasteiger partial charge on any atom is -0.480 e. The first-order chi connectivity index (χ1) is 9.62. The van der Waals surface area contributed by atoms with Crippen LogP contribution in [0.1, 0.15) is 32.8 Å². The number of pyridine rings is 1. The van der Waals surface area contributed by atoms with Gasteiger partial charge in [0.1, 0.15) is 5.54 Å². The van der Waals surface area contributed by atoms with Gasteiger partial charge in [0.05, 0.1) is 0 Å². The van der Waals surface area contributed by atoms with Crippen molar-refractivity contribution in [3.8, 4) is 0 Å². The summed E-state index contributed by atoms with van der Waals surface area (Å²) in [6.45, 7) is 5.86. The van der Waals surface area contributed by atoms with Gasteiger partial charge in [-0.1, -0.05) is 26.8 Å². The van der Waals surface area contributed by atoms with E-state index in [-0.39, 0.29) is 11.0 Å². The van der Waals surface area contributed by atoms with Crippen LogP contribution in [-0.2, 0) is 10.3 Å². The van der Waals surface area contributed by atoms with Gasteiger partial charge < -0.3 is 15.8 Å². The highest BCUT2D eigenvalue weighted by atomic mass is 16.4. The summed E-state index contributed by atoms with van der Waals surface area (Å²) in [6, 6.07) is 8.16. The van der Waals surface area contributed by atoms with E-state index in [1.165, 1.54) is 6.07 Å². The third kappa shape index (κ3) is 3.13. The number of hydrogen-bond acceptors (Lipinski definition) is 3. The predicted octanol–water partition coefficient (Wildman–Crippen LogP) is 2.20. The largest absolute Gasteiger partial charge is 0.480 e. The summed E-state index contributed by atoms with van der Waals surface area (Å²) < 4.78 is 0. The predicted molar refractivity (Wildman–Crippen MR) is 82.1 cm³/mol. The highest BCUT2D eigenvalue weighted by Crippen LogP contribution is 2.34. The molecule has 0 spiro atoms. The quantitative estimate of drug-likeness (QED) is 0.806. The summed E-state index contributed by atoms with van der Waals surface area (Å²) in [4.78, 5) is 25.7. The lowest BCUT2D eigenvalue weighted by Gasteiger charge is -2.32. The number of carbonyl (C=O) groups is 1. The number of aliphatic carboxylic acids is 1. The van der Waals surface area contributed by atoms with Crippen molar-refractivity contribution in [2.24, 2.45) is 11.1 Å². The number of fused-ring (bicyclic) bond motifs is 1. The van der Waals surface area contributed by atoms with E-state index < -0.39 is 11.5 Å². The summed E-state index contributed by atoms with van der Waals surface area (Å²) in [6.07, 6.45) is 0.310. The Morgan fingerprint density at radius 1 is 1.24 bits per heavy atom. The molecule has 21 heavy (non-hydrogen) atoms. The Balaban J connectivity index is 2.58. The van der Waals surface area contributed by atoms with Crippen molar-refractivity contribution in [3.63, 3.8) is 0 Å². The Bertz CT molecular complexity index is 743. The SMILES string of the molecule is CC(C)(C)CC(N)(C(=O)O)c1ccc2[nH]c(=O)ccc2c1. The molecule has 2 aromatic rings. The Morgan fingerprint density at radius 3 is 2.48 bits per heavy atom. The first kappa shape index (κ1) is 15.3. The third-order valence-electron chi connectivity index (χ3n) is 3.43. The lowest BCUT2D eigenvalue weighted by atomic mass is 9.76. The van der Waals surface area contributed by atoms with Crippen molar-refractivity contribution in [2.75, 3.05) is 0 Å². The number of carboxylic acid groups (broad SMARTS) is 1. The summed E-state index contributed by atoms with van der Waals surface area (Å²) in [5.41, 5.74) is 5.51. The molecular formula is C16H20N2O3. The van der Waals surface area contributed by atoms with Crippen molar-refractivity contribution < 1.29 is 9.90 Å². The number of aromatic amines is 1. The van der Waals surface area contributed by atoms with Gasteiger partial charge in [-0.15, -0.1) is 0 Å². The number of aromatic nitrogens is 1. The van der Waals surface area contributed by atoms with Crippen molar-refractivity contribution in [2.45, 2.75) is 32.7 Å². The molecule has 0 radical (unpaired) electrons. The molecule has 1 atom stereocenters. The molecule has 0 aliphatic carbocycles. The van der Waals surface area contributed by atoms with Gasteiger partial charge in [-0.2, -0.15) is 0 Å². The van der Waals surface area contributed by atoms with Gasteiger partial charge in [-0.25, -0.2) is 4.79 Å². The smallest absolute Gasteiger partial charge is 0.328 e. The van der Waals surface area contributed by atoms with E-state index in [2.05, 4.69) is 4.98 Å². The van der Waals surface area contributed by atoms with Crippen LogP contribution in [0.25, 0.3) is 10.9 Å². The summed E-state index contributed by atoms with van der Waals surface area (Å²) >= 11 is 0. The second kappa shape index (κ2) is 5.00. The molecule has 0 fully saturated rings. The molecule has 0 aliphatic heterocycles. The number of H-pyrrole nitrogens is 1. The number of nitrogens with two attached hydrogens (primary N) is 1. The second-order valence-corrected chi connectivity index (χ2v) is 6.64. The van der Waals surface area contributed by atoms with Gasteiger partial charge in [0.2, 0.25) is 5.56 Å². The van der Waals surface area contributed by atoms with Crippen LogP contribution in [0.5, 0.6) is 0 Å². The fourth-order valence-electron chi connectivity index (χ4n) is 2.57. The lowest BCUT2D eigenvalue weighted by Crippen LogP contribution is -2.47.